The molecule has 0 bridgehead atoms. The van der Waals surface area contributed by atoms with Gasteiger partial charge in [0.2, 0.25) is 5.91 Å². The number of amides is 1. The smallest absolute Gasteiger partial charge is 0.236 e. The number of carbonyl (C=O) groups is 1. The molecule has 1 heterocycles. The summed E-state index contributed by atoms with van der Waals surface area (Å²) >= 11 is 5.36. The van der Waals surface area contributed by atoms with Gasteiger partial charge in [-0.1, -0.05) is 22.4 Å². The van der Waals surface area contributed by atoms with Crippen molar-refractivity contribution >= 4 is 33.6 Å². The zero-order chi connectivity index (χ0) is 10.2. The molecule has 80 valence electrons. The molecule has 0 aromatic carbocycles. The van der Waals surface area contributed by atoms with Gasteiger partial charge in [-0.2, -0.15) is 11.8 Å². The van der Waals surface area contributed by atoms with Crippen LogP contribution >= 0.6 is 27.7 Å². The van der Waals surface area contributed by atoms with Gasteiger partial charge in [-0.15, -0.1) is 0 Å². The first-order chi connectivity index (χ1) is 6.67. The van der Waals surface area contributed by atoms with Gasteiger partial charge in [0.25, 0.3) is 0 Å². The Morgan fingerprint density at radius 2 is 2.36 bits per heavy atom. The molecule has 0 spiro atoms. The zero-order valence-corrected chi connectivity index (χ0v) is 10.9. The number of thioether (sulfide) groups is 1. The van der Waals surface area contributed by atoms with Gasteiger partial charge >= 0.3 is 0 Å². The summed E-state index contributed by atoms with van der Waals surface area (Å²) in [4.78, 5) is 13.8. The van der Waals surface area contributed by atoms with Gasteiger partial charge in [-0.3, -0.25) is 4.79 Å². The Labute approximate surface area is 97.9 Å². The first-order valence-corrected chi connectivity index (χ1v) is 7.29. The highest BCUT2D eigenvalue weighted by molar-refractivity contribution is 9.10. The molecule has 2 rings (SSSR count). The molecule has 14 heavy (non-hydrogen) atoms. The number of halogens is 1. The van der Waals surface area contributed by atoms with Gasteiger partial charge in [0.05, 0.1) is 4.83 Å². The van der Waals surface area contributed by atoms with Crippen LogP contribution in [0.4, 0.5) is 0 Å². The number of likely N-dealkylation sites (tertiary alicyclic amines) is 1. The van der Waals surface area contributed by atoms with Gasteiger partial charge < -0.3 is 4.90 Å². The lowest BCUT2D eigenvalue weighted by atomic mass is 9.84. The molecular formula is C10H16BrNOS. The molecule has 1 saturated heterocycles. The summed E-state index contributed by atoms with van der Waals surface area (Å²) in [7, 11) is 0. The van der Waals surface area contributed by atoms with E-state index in [2.05, 4.69) is 22.2 Å². The maximum Gasteiger partial charge on any atom is 0.236 e. The Morgan fingerprint density at radius 3 is 2.71 bits per heavy atom. The molecular weight excluding hydrogens is 262 g/mol. The van der Waals surface area contributed by atoms with Gasteiger partial charge in [0.1, 0.15) is 0 Å². The molecule has 1 saturated carbocycles. The van der Waals surface area contributed by atoms with Crippen molar-refractivity contribution < 1.29 is 4.79 Å². The van der Waals surface area contributed by atoms with Crippen LogP contribution < -0.4 is 0 Å². The molecule has 0 radical (unpaired) electrons. The highest BCUT2D eigenvalue weighted by Crippen LogP contribution is 2.44. The summed E-state index contributed by atoms with van der Waals surface area (Å²) in [6.45, 7) is 1.91. The predicted octanol–water partition coefficient (Wildman–Crippen LogP) is 2.27. The third-order valence-corrected chi connectivity index (χ3v) is 5.66. The van der Waals surface area contributed by atoms with Gasteiger partial charge in [-0.05, 0) is 25.5 Å². The minimum atomic E-state index is 0.0847. The Kier molecular flexibility index (Phi) is 3.12. The fraction of sp³-hybridized carbons (Fsp3) is 0.900. The first kappa shape index (κ1) is 10.8. The van der Waals surface area contributed by atoms with Crippen LogP contribution in [-0.2, 0) is 4.79 Å². The number of carbonyl (C=O) groups excluding carboxylic acids is 1. The van der Waals surface area contributed by atoms with Crippen molar-refractivity contribution in [2.75, 3.05) is 19.3 Å². The van der Waals surface area contributed by atoms with E-state index >= 15 is 0 Å². The van der Waals surface area contributed by atoms with Crippen LogP contribution in [0.2, 0.25) is 0 Å². The van der Waals surface area contributed by atoms with E-state index < -0.39 is 0 Å². The van der Waals surface area contributed by atoms with Crippen LogP contribution in [0.3, 0.4) is 0 Å². The summed E-state index contributed by atoms with van der Waals surface area (Å²) in [6, 6.07) is 0. The summed E-state index contributed by atoms with van der Waals surface area (Å²) in [5.41, 5.74) is 0. The number of hydrogen-bond donors (Lipinski definition) is 0. The number of nitrogens with zero attached hydrogens (tertiary/aromatic N) is 1. The standard InChI is InChI=1S/C10H16BrNOS/c1-14-10(4-2-5-10)7-12-6-3-8(11)9(12)13/h8H,2-7H2,1H3. The fourth-order valence-electron chi connectivity index (χ4n) is 2.20. The number of hydrogen-bond acceptors (Lipinski definition) is 2. The fourth-order valence-corrected chi connectivity index (χ4v) is 3.68. The highest BCUT2D eigenvalue weighted by atomic mass is 79.9. The third-order valence-electron chi connectivity index (χ3n) is 3.41. The van der Waals surface area contributed by atoms with E-state index in [1.165, 1.54) is 19.3 Å². The lowest BCUT2D eigenvalue weighted by molar-refractivity contribution is -0.127. The minimum Gasteiger partial charge on any atom is -0.340 e. The largest absolute Gasteiger partial charge is 0.340 e. The van der Waals surface area contributed by atoms with E-state index in [-0.39, 0.29) is 4.83 Å². The topological polar surface area (TPSA) is 20.3 Å². The summed E-state index contributed by atoms with van der Waals surface area (Å²) in [6.07, 6.45) is 7.05. The van der Waals surface area contributed by atoms with Crippen molar-refractivity contribution in [2.24, 2.45) is 0 Å². The van der Waals surface area contributed by atoms with Crippen molar-refractivity contribution in [1.82, 2.24) is 4.90 Å². The molecule has 1 aliphatic carbocycles. The maximum atomic E-state index is 11.7. The van der Waals surface area contributed by atoms with Crippen LogP contribution in [0.5, 0.6) is 0 Å². The molecule has 4 heteroatoms. The lowest BCUT2D eigenvalue weighted by Gasteiger charge is -2.43. The molecule has 0 N–H and O–H groups in total. The van der Waals surface area contributed by atoms with E-state index in [1.807, 2.05) is 16.7 Å². The maximum absolute atomic E-state index is 11.7. The quantitative estimate of drug-likeness (QED) is 0.738. The van der Waals surface area contributed by atoms with E-state index in [4.69, 9.17) is 0 Å². The van der Waals surface area contributed by atoms with Crippen LogP contribution in [0.25, 0.3) is 0 Å². The Hall–Kier alpha value is 0.300. The van der Waals surface area contributed by atoms with E-state index in [9.17, 15) is 4.79 Å². The van der Waals surface area contributed by atoms with Crippen molar-refractivity contribution in [1.29, 1.82) is 0 Å². The van der Waals surface area contributed by atoms with Gasteiger partial charge in [0, 0.05) is 17.8 Å². The first-order valence-electron chi connectivity index (χ1n) is 5.15. The molecule has 1 unspecified atom stereocenters. The second-order valence-electron chi connectivity index (χ2n) is 4.26. The predicted molar refractivity (Wildman–Crippen MR) is 64.0 cm³/mol. The van der Waals surface area contributed by atoms with Crippen molar-refractivity contribution in [3.63, 3.8) is 0 Å². The Morgan fingerprint density at radius 1 is 1.64 bits per heavy atom. The molecule has 1 atom stereocenters. The SMILES string of the molecule is CSC1(CN2CCC(Br)C2=O)CCC1. The number of rotatable bonds is 3. The Bertz CT molecular complexity index is 237. The summed E-state index contributed by atoms with van der Waals surface area (Å²) in [5.74, 6) is 0.297. The van der Waals surface area contributed by atoms with Gasteiger partial charge in [0.15, 0.2) is 0 Å². The number of alkyl halides is 1. The van der Waals surface area contributed by atoms with E-state index in [1.54, 1.807) is 0 Å². The summed E-state index contributed by atoms with van der Waals surface area (Å²) in [5, 5.41) is 0. The van der Waals surface area contributed by atoms with Crippen LogP contribution in [0, 0.1) is 0 Å². The second-order valence-corrected chi connectivity index (χ2v) is 6.64. The lowest BCUT2D eigenvalue weighted by Crippen LogP contribution is -2.46. The molecule has 1 amide bonds. The van der Waals surface area contributed by atoms with Crippen molar-refractivity contribution in [2.45, 2.75) is 35.3 Å². The normalized spacial score (nSPS) is 30.6. The second kappa shape index (κ2) is 4.05. The molecule has 2 nitrogen and oxygen atoms in total. The zero-order valence-electron chi connectivity index (χ0n) is 8.46. The average molecular weight is 278 g/mol. The van der Waals surface area contributed by atoms with Crippen LogP contribution in [0.15, 0.2) is 0 Å². The molecule has 1 aliphatic heterocycles. The van der Waals surface area contributed by atoms with E-state index in [0.717, 1.165) is 19.5 Å². The van der Waals surface area contributed by atoms with Crippen LogP contribution in [-0.4, -0.2) is 39.7 Å². The van der Waals surface area contributed by atoms with Crippen molar-refractivity contribution in [3.05, 3.63) is 0 Å². The monoisotopic (exact) mass is 277 g/mol. The minimum absolute atomic E-state index is 0.0847. The third kappa shape index (κ3) is 1.83. The average Bonchev–Trinajstić information content (AvgIpc) is 2.42. The van der Waals surface area contributed by atoms with E-state index in [0.29, 0.717) is 10.7 Å². The molecule has 0 aromatic rings. The van der Waals surface area contributed by atoms with Gasteiger partial charge in [-0.25, -0.2) is 0 Å². The van der Waals surface area contributed by atoms with Crippen molar-refractivity contribution in [3.8, 4) is 0 Å². The molecule has 0 aromatic heterocycles. The molecule has 2 aliphatic rings. The Balaban J connectivity index is 1.94. The highest BCUT2D eigenvalue weighted by Gasteiger charge is 2.41. The summed E-state index contributed by atoms with van der Waals surface area (Å²) < 4.78 is 0.396. The van der Waals surface area contributed by atoms with Crippen LogP contribution in [0.1, 0.15) is 25.7 Å². The molecule has 2 fully saturated rings.